The molecular formula is C17H26. The molecule has 0 aromatic heterocycles. The van der Waals surface area contributed by atoms with E-state index in [1.54, 1.807) is 0 Å². The second kappa shape index (κ2) is 6.67. The van der Waals surface area contributed by atoms with Gasteiger partial charge in [-0.15, -0.1) is 5.73 Å². The minimum absolute atomic E-state index is 0.367. The zero-order valence-corrected chi connectivity index (χ0v) is 11.8. The number of hydrogen-bond donors (Lipinski definition) is 0. The quantitative estimate of drug-likeness (QED) is 0.526. The third-order valence-corrected chi connectivity index (χ3v) is 3.85. The van der Waals surface area contributed by atoms with Gasteiger partial charge in [0, 0.05) is 0 Å². The summed E-state index contributed by atoms with van der Waals surface area (Å²) in [6.45, 7) is 8.76. The molecule has 1 fully saturated rings. The molecule has 2 aliphatic carbocycles. The second-order valence-corrected chi connectivity index (χ2v) is 5.21. The minimum atomic E-state index is 0.367. The van der Waals surface area contributed by atoms with E-state index in [-0.39, 0.29) is 0 Å². The van der Waals surface area contributed by atoms with Crippen molar-refractivity contribution in [3.8, 4) is 0 Å². The van der Waals surface area contributed by atoms with Crippen LogP contribution in [0.1, 0.15) is 53.4 Å². The Morgan fingerprint density at radius 3 is 2.41 bits per heavy atom. The van der Waals surface area contributed by atoms with E-state index in [2.05, 4.69) is 43.9 Å². The van der Waals surface area contributed by atoms with Crippen LogP contribution in [0.25, 0.3) is 0 Å². The normalized spacial score (nSPS) is 31.3. The molecule has 0 nitrogen and oxygen atoms in total. The fourth-order valence-corrected chi connectivity index (χ4v) is 2.50. The number of hydrogen-bond acceptors (Lipinski definition) is 0. The van der Waals surface area contributed by atoms with Crippen LogP contribution in [0.5, 0.6) is 0 Å². The van der Waals surface area contributed by atoms with E-state index in [9.17, 15) is 0 Å². The van der Waals surface area contributed by atoms with Gasteiger partial charge in [0.25, 0.3) is 0 Å². The molecule has 0 atom stereocenters. The second-order valence-electron chi connectivity index (χ2n) is 5.21. The SMILES string of the molecule is CC.CC1CCC(C)(C2=C=CC=CC=C2)CC1. The molecule has 0 aromatic rings. The van der Waals surface area contributed by atoms with Crippen molar-refractivity contribution >= 4 is 0 Å². The average molecular weight is 230 g/mol. The molecule has 0 saturated heterocycles. The molecule has 1 saturated carbocycles. The van der Waals surface area contributed by atoms with Gasteiger partial charge in [-0.2, -0.15) is 0 Å². The Morgan fingerprint density at radius 1 is 1.12 bits per heavy atom. The van der Waals surface area contributed by atoms with Gasteiger partial charge in [0.1, 0.15) is 0 Å². The Balaban J connectivity index is 0.000000686. The molecule has 0 heterocycles. The van der Waals surface area contributed by atoms with Crippen molar-refractivity contribution in [2.75, 3.05) is 0 Å². The van der Waals surface area contributed by atoms with E-state index in [4.69, 9.17) is 0 Å². The third kappa shape index (κ3) is 3.75. The highest BCUT2D eigenvalue weighted by Crippen LogP contribution is 2.44. The van der Waals surface area contributed by atoms with Gasteiger partial charge >= 0.3 is 0 Å². The van der Waals surface area contributed by atoms with Crippen LogP contribution in [-0.2, 0) is 0 Å². The van der Waals surface area contributed by atoms with Crippen LogP contribution in [-0.4, -0.2) is 0 Å². The zero-order chi connectivity index (χ0) is 12.7. The van der Waals surface area contributed by atoms with Crippen LogP contribution in [0.15, 0.2) is 41.7 Å². The van der Waals surface area contributed by atoms with Gasteiger partial charge in [-0.3, -0.25) is 0 Å². The van der Waals surface area contributed by atoms with Gasteiger partial charge in [-0.25, -0.2) is 0 Å². The fraction of sp³-hybridized carbons (Fsp3) is 0.588. The standard InChI is InChI=1S/C15H20.C2H6/c1-13-9-11-15(2,12-10-13)14-7-5-3-4-6-8-14;1-2/h3-7,13H,9-12H2,1-2H3;1-2H3. The van der Waals surface area contributed by atoms with Crippen molar-refractivity contribution < 1.29 is 0 Å². The van der Waals surface area contributed by atoms with E-state index < -0.39 is 0 Å². The summed E-state index contributed by atoms with van der Waals surface area (Å²) in [7, 11) is 0. The maximum atomic E-state index is 3.42. The summed E-state index contributed by atoms with van der Waals surface area (Å²) in [5.74, 6) is 0.913. The summed E-state index contributed by atoms with van der Waals surface area (Å²) < 4.78 is 0. The molecule has 2 rings (SSSR count). The summed E-state index contributed by atoms with van der Waals surface area (Å²) in [4.78, 5) is 0. The molecule has 0 unspecified atom stereocenters. The van der Waals surface area contributed by atoms with Gasteiger partial charge in [0.15, 0.2) is 0 Å². The van der Waals surface area contributed by atoms with Crippen molar-refractivity contribution in [2.45, 2.75) is 53.4 Å². The zero-order valence-electron chi connectivity index (χ0n) is 11.8. The maximum Gasteiger partial charge on any atom is -0.000122 e. The fourth-order valence-electron chi connectivity index (χ4n) is 2.50. The third-order valence-electron chi connectivity index (χ3n) is 3.85. The maximum absolute atomic E-state index is 3.42. The van der Waals surface area contributed by atoms with E-state index in [1.807, 2.05) is 19.9 Å². The summed E-state index contributed by atoms with van der Waals surface area (Å²) in [5.41, 5.74) is 5.18. The van der Waals surface area contributed by atoms with Crippen molar-refractivity contribution in [2.24, 2.45) is 11.3 Å². The molecular weight excluding hydrogens is 204 g/mol. The largest absolute Gasteiger partial charge is 0.117 e. The van der Waals surface area contributed by atoms with Crippen molar-refractivity contribution in [1.29, 1.82) is 0 Å². The number of rotatable bonds is 1. The Hall–Kier alpha value is -1.00. The molecule has 17 heavy (non-hydrogen) atoms. The number of allylic oxidation sites excluding steroid dienone is 5. The molecule has 0 spiro atoms. The van der Waals surface area contributed by atoms with Crippen LogP contribution in [0.3, 0.4) is 0 Å². The van der Waals surface area contributed by atoms with Gasteiger partial charge in [-0.05, 0) is 48.7 Å². The first-order valence-electron chi connectivity index (χ1n) is 7.01. The predicted molar refractivity (Wildman–Crippen MR) is 77.0 cm³/mol. The van der Waals surface area contributed by atoms with Gasteiger partial charge in [0.2, 0.25) is 0 Å². The average Bonchev–Trinajstić information content (AvgIpc) is 2.65. The molecule has 0 heteroatoms. The van der Waals surface area contributed by atoms with Crippen molar-refractivity contribution in [3.05, 3.63) is 41.7 Å². The summed E-state index contributed by atoms with van der Waals surface area (Å²) in [6.07, 6.45) is 15.9. The van der Waals surface area contributed by atoms with Crippen LogP contribution in [0.4, 0.5) is 0 Å². The van der Waals surface area contributed by atoms with Gasteiger partial charge in [-0.1, -0.05) is 52.0 Å². The molecule has 0 radical (unpaired) electrons. The minimum Gasteiger partial charge on any atom is -0.117 e. The van der Waals surface area contributed by atoms with Crippen LogP contribution < -0.4 is 0 Å². The van der Waals surface area contributed by atoms with Gasteiger partial charge < -0.3 is 0 Å². The lowest BCUT2D eigenvalue weighted by Gasteiger charge is -2.36. The molecule has 0 amide bonds. The van der Waals surface area contributed by atoms with Crippen LogP contribution >= 0.6 is 0 Å². The smallest absolute Gasteiger partial charge is 0.000122 e. The lowest BCUT2D eigenvalue weighted by atomic mass is 9.68. The molecule has 94 valence electrons. The summed E-state index contributed by atoms with van der Waals surface area (Å²) in [5, 5.41) is 0. The Bertz CT molecular complexity index is 340. The Labute approximate surface area is 107 Å². The molecule has 0 aliphatic heterocycles. The van der Waals surface area contributed by atoms with E-state index >= 15 is 0 Å². The van der Waals surface area contributed by atoms with Crippen molar-refractivity contribution in [1.82, 2.24) is 0 Å². The molecule has 0 N–H and O–H groups in total. The highest BCUT2D eigenvalue weighted by molar-refractivity contribution is 5.32. The van der Waals surface area contributed by atoms with E-state index in [1.165, 1.54) is 31.3 Å². The highest BCUT2D eigenvalue weighted by atomic mass is 14.4. The van der Waals surface area contributed by atoms with Gasteiger partial charge in [0.05, 0.1) is 0 Å². The van der Waals surface area contributed by atoms with Crippen molar-refractivity contribution in [3.63, 3.8) is 0 Å². The van der Waals surface area contributed by atoms with E-state index in [0.717, 1.165) is 5.92 Å². The predicted octanol–water partition coefficient (Wildman–Crippen LogP) is 5.44. The topological polar surface area (TPSA) is 0 Å². The lowest BCUT2D eigenvalue weighted by molar-refractivity contribution is 0.224. The first-order chi connectivity index (χ1) is 8.21. The summed E-state index contributed by atoms with van der Waals surface area (Å²) >= 11 is 0. The first-order valence-corrected chi connectivity index (χ1v) is 7.01. The van der Waals surface area contributed by atoms with Crippen LogP contribution in [0, 0.1) is 11.3 Å². The Kier molecular flexibility index (Phi) is 5.51. The lowest BCUT2D eigenvalue weighted by Crippen LogP contribution is -2.24. The molecule has 0 bridgehead atoms. The molecule has 0 aromatic carbocycles. The van der Waals surface area contributed by atoms with Crippen LogP contribution in [0.2, 0.25) is 0 Å². The Morgan fingerprint density at radius 2 is 1.76 bits per heavy atom. The van der Waals surface area contributed by atoms with E-state index in [0.29, 0.717) is 5.41 Å². The monoisotopic (exact) mass is 230 g/mol. The molecule has 2 aliphatic rings. The highest BCUT2D eigenvalue weighted by Gasteiger charge is 2.31. The summed E-state index contributed by atoms with van der Waals surface area (Å²) in [6, 6.07) is 0. The first kappa shape index (κ1) is 14.1.